The fourth-order valence-electron chi connectivity index (χ4n) is 4.11. The molecule has 0 aliphatic carbocycles. The lowest BCUT2D eigenvalue weighted by Gasteiger charge is -2.24. The molecule has 3 aromatic rings. The molecule has 1 atom stereocenters. The highest BCUT2D eigenvalue weighted by Gasteiger charge is 2.39. The molecule has 2 aromatic carbocycles. The van der Waals surface area contributed by atoms with Gasteiger partial charge in [-0.3, -0.25) is 14.9 Å². The monoisotopic (exact) mass is 359 g/mol. The maximum absolute atomic E-state index is 12.5. The summed E-state index contributed by atoms with van der Waals surface area (Å²) in [5.41, 5.74) is 5.29. The molecule has 2 aliphatic rings. The zero-order valence-corrected chi connectivity index (χ0v) is 14.8. The van der Waals surface area contributed by atoms with Gasteiger partial charge in [-0.15, -0.1) is 0 Å². The number of hydrogen-bond donors (Lipinski definition) is 3. The van der Waals surface area contributed by atoms with Crippen molar-refractivity contribution in [2.45, 2.75) is 13.0 Å². The van der Waals surface area contributed by atoms with Gasteiger partial charge in [-0.25, -0.2) is 0 Å². The van der Waals surface area contributed by atoms with Crippen LogP contribution in [-0.2, 0) is 9.59 Å². The maximum Gasteiger partial charge on any atom is 0.275 e. The van der Waals surface area contributed by atoms with E-state index in [1.54, 1.807) is 13.3 Å². The quantitative estimate of drug-likeness (QED) is 0.614. The van der Waals surface area contributed by atoms with Gasteiger partial charge >= 0.3 is 0 Å². The van der Waals surface area contributed by atoms with Crippen LogP contribution < -0.4 is 15.4 Å². The van der Waals surface area contributed by atoms with Crippen molar-refractivity contribution in [3.63, 3.8) is 0 Å². The second-order valence-electron chi connectivity index (χ2n) is 6.77. The van der Waals surface area contributed by atoms with E-state index in [1.807, 2.05) is 43.3 Å². The molecule has 3 heterocycles. The first-order chi connectivity index (χ1) is 13.1. The molecule has 0 saturated carbocycles. The van der Waals surface area contributed by atoms with Crippen LogP contribution in [0.2, 0.25) is 0 Å². The van der Waals surface area contributed by atoms with Crippen molar-refractivity contribution >= 4 is 28.3 Å². The first-order valence-electron chi connectivity index (χ1n) is 8.70. The fourth-order valence-corrected chi connectivity index (χ4v) is 4.11. The fraction of sp³-hybridized carbons (Fsp3) is 0.143. The number of ether oxygens (including phenoxy) is 1. The van der Waals surface area contributed by atoms with E-state index in [1.165, 1.54) is 0 Å². The van der Waals surface area contributed by atoms with Gasteiger partial charge < -0.3 is 15.0 Å². The summed E-state index contributed by atoms with van der Waals surface area (Å²) in [6.07, 6.45) is 1.78. The zero-order valence-electron chi connectivity index (χ0n) is 14.8. The third kappa shape index (κ3) is 2.07. The minimum Gasteiger partial charge on any atom is -0.496 e. The van der Waals surface area contributed by atoms with Crippen LogP contribution in [0.1, 0.15) is 28.3 Å². The lowest BCUT2D eigenvalue weighted by Crippen LogP contribution is -2.30. The topological polar surface area (TPSA) is 83.2 Å². The van der Waals surface area contributed by atoms with Gasteiger partial charge in [0.2, 0.25) is 0 Å². The molecule has 0 bridgehead atoms. The van der Waals surface area contributed by atoms with Crippen molar-refractivity contribution in [1.82, 2.24) is 15.6 Å². The molecule has 0 fully saturated rings. The highest BCUT2D eigenvalue weighted by Crippen LogP contribution is 2.44. The van der Waals surface area contributed by atoms with Gasteiger partial charge in [-0.05, 0) is 30.2 Å². The maximum atomic E-state index is 12.5. The van der Waals surface area contributed by atoms with Crippen LogP contribution in [0.25, 0.3) is 16.5 Å². The lowest BCUT2D eigenvalue weighted by atomic mass is 9.91. The molecule has 2 aliphatic heterocycles. The standard InChI is InChI=1S/C21H17N3O3/c1-10-5-3-4-6-11(10)18-17-14(27-2)8-7-13-15(17)12(9-22-13)16-19(23-18)21(26)24-20(16)25/h3-9,18,22-23H,1-2H3,(H,24,25,26). The van der Waals surface area contributed by atoms with E-state index in [-0.39, 0.29) is 11.9 Å². The summed E-state index contributed by atoms with van der Waals surface area (Å²) in [4.78, 5) is 28.2. The predicted molar refractivity (Wildman–Crippen MR) is 101 cm³/mol. The smallest absolute Gasteiger partial charge is 0.275 e. The van der Waals surface area contributed by atoms with Crippen LogP contribution >= 0.6 is 0 Å². The Morgan fingerprint density at radius 3 is 2.63 bits per heavy atom. The van der Waals surface area contributed by atoms with Crippen LogP contribution in [0.5, 0.6) is 5.75 Å². The second-order valence-corrected chi connectivity index (χ2v) is 6.77. The average Bonchev–Trinajstić information content (AvgIpc) is 3.14. The molecule has 5 rings (SSSR count). The number of carbonyl (C=O) groups is 2. The first kappa shape index (κ1) is 15.7. The van der Waals surface area contributed by atoms with Crippen molar-refractivity contribution in [2.75, 3.05) is 7.11 Å². The van der Waals surface area contributed by atoms with Crippen LogP contribution in [0.4, 0.5) is 0 Å². The van der Waals surface area contributed by atoms with Gasteiger partial charge in [0, 0.05) is 28.2 Å². The van der Waals surface area contributed by atoms with E-state index in [9.17, 15) is 9.59 Å². The largest absolute Gasteiger partial charge is 0.496 e. The molecule has 1 unspecified atom stereocenters. The number of amides is 2. The van der Waals surface area contributed by atoms with E-state index in [2.05, 4.69) is 15.6 Å². The molecular weight excluding hydrogens is 342 g/mol. The van der Waals surface area contributed by atoms with Crippen molar-refractivity contribution < 1.29 is 14.3 Å². The third-order valence-corrected chi connectivity index (χ3v) is 5.34. The van der Waals surface area contributed by atoms with Crippen molar-refractivity contribution in [1.29, 1.82) is 0 Å². The molecule has 1 aromatic heterocycles. The van der Waals surface area contributed by atoms with Crippen LogP contribution in [0.3, 0.4) is 0 Å². The van der Waals surface area contributed by atoms with Crippen LogP contribution in [0, 0.1) is 6.92 Å². The number of rotatable bonds is 2. The number of nitrogens with one attached hydrogen (secondary N) is 3. The molecule has 6 nitrogen and oxygen atoms in total. The molecule has 2 amide bonds. The zero-order chi connectivity index (χ0) is 18.7. The van der Waals surface area contributed by atoms with E-state index < -0.39 is 5.91 Å². The number of aryl methyl sites for hydroxylation is 1. The molecule has 0 radical (unpaired) electrons. The van der Waals surface area contributed by atoms with E-state index in [4.69, 9.17) is 4.74 Å². The number of aromatic amines is 1. The van der Waals surface area contributed by atoms with Crippen molar-refractivity contribution in [3.8, 4) is 5.75 Å². The molecule has 27 heavy (non-hydrogen) atoms. The highest BCUT2D eigenvalue weighted by molar-refractivity contribution is 6.37. The Morgan fingerprint density at radius 1 is 1.04 bits per heavy atom. The normalized spacial score (nSPS) is 18.2. The Bertz CT molecular complexity index is 1170. The van der Waals surface area contributed by atoms with Gasteiger partial charge in [0.1, 0.15) is 11.4 Å². The summed E-state index contributed by atoms with van der Waals surface area (Å²) in [7, 11) is 1.63. The van der Waals surface area contributed by atoms with Crippen LogP contribution in [0.15, 0.2) is 48.3 Å². The van der Waals surface area contributed by atoms with Gasteiger partial charge in [-0.1, -0.05) is 24.3 Å². The Kier molecular flexibility index (Phi) is 3.18. The van der Waals surface area contributed by atoms with Gasteiger partial charge in [0.05, 0.1) is 18.7 Å². The molecule has 134 valence electrons. The summed E-state index contributed by atoms with van der Waals surface area (Å²) >= 11 is 0. The minimum atomic E-state index is -0.408. The number of imide groups is 1. The Morgan fingerprint density at radius 2 is 1.85 bits per heavy atom. The Balaban J connectivity index is 1.91. The summed E-state index contributed by atoms with van der Waals surface area (Å²) in [6, 6.07) is 11.5. The first-order valence-corrected chi connectivity index (χ1v) is 8.70. The lowest BCUT2D eigenvalue weighted by molar-refractivity contribution is -0.123. The number of fused-ring (bicyclic) bond motifs is 1. The SMILES string of the molecule is COc1ccc2[nH]cc3c2c1C(c1ccccc1C)NC1=C3C(=O)NC1=O. The number of H-pyrrole nitrogens is 1. The summed E-state index contributed by atoms with van der Waals surface area (Å²) in [5, 5.41) is 6.64. The summed E-state index contributed by atoms with van der Waals surface area (Å²) in [5.74, 6) is -0.0876. The summed E-state index contributed by atoms with van der Waals surface area (Å²) in [6.45, 7) is 2.03. The molecular formula is C21H17N3O3. The second kappa shape index (κ2) is 5.48. The number of aromatic nitrogens is 1. The number of carbonyl (C=O) groups excluding carboxylic acids is 2. The molecule has 3 N–H and O–H groups in total. The summed E-state index contributed by atoms with van der Waals surface area (Å²) < 4.78 is 5.67. The Labute approximate surface area is 155 Å². The van der Waals surface area contributed by atoms with E-state index in [0.29, 0.717) is 22.6 Å². The minimum absolute atomic E-state index is 0.299. The number of benzene rings is 2. The van der Waals surface area contributed by atoms with Crippen molar-refractivity contribution in [2.24, 2.45) is 0 Å². The number of methoxy groups -OCH3 is 1. The van der Waals surface area contributed by atoms with Crippen LogP contribution in [-0.4, -0.2) is 23.9 Å². The van der Waals surface area contributed by atoms with E-state index in [0.717, 1.165) is 27.6 Å². The predicted octanol–water partition coefficient (Wildman–Crippen LogP) is 2.55. The van der Waals surface area contributed by atoms with Gasteiger partial charge in [0.15, 0.2) is 0 Å². The average molecular weight is 359 g/mol. The highest BCUT2D eigenvalue weighted by atomic mass is 16.5. The van der Waals surface area contributed by atoms with E-state index >= 15 is 0 Å². The molecule has 0 saturated heterocycles. The van der Waals surface area contributed by atoms with Gasteiger partial charge in [-0.2, -0.15) is 0 Å². The number of hydrogen-bond acceptors (Lipinski definition) is 4. The third-order valence-electron chi connectivity index (χ3n) is 5.34. The Hall–Kier alpha value is -3.54. The van der Waals surface area contributed by atoms with Crippen molar-refractivity contribution in [3.05, 3.63) is 70.5 Å². The molecule has 6 heteroatoms. The molecule has 0 spiro atoms. The van der Waals surface area contributed by atoms with Gasteiger partial charge in [0.25, 0.3) is 11.8 Å².